The Kier molecular flexibility index (Phi) is 21.7. The number of carboxylic acid groups (broad SMARTS) is 1. The van der Waals surface area contributed by atoms with E-state index in [2.05, 4.69) is 9.50 Å². The smallest absolute Gasteiger partial charge is 0.397 e. The van der Waals surface area contributed by atoms with Crippen LogP contribution < -0.4 is 11.1 Å². The lowest BCUT2D eigenvalue weighted by Crippen LogP contribution is -2.70. The molecule has 0 aromatic rings. The number of carbonyl (C=O) groups is 2. The van der Waals surface area contributed by atoms with E-state index in [-0.39, 0.29) is 6.61 Å². The van der Waals surface area contributed by atoms with Gasteiger partial charge in [0.15, 0.2) is 37.6 Å². The van der Waals surface area contributed by atoms with Crippen LogP contribution in [-0.2, 0) is 71.5 Å². The first-order chi connectivity index (χ1) is 33.0. The van der Waals surface area contributed by atoms with Crippen molar-refractivity contribution in [1.29, 1.82) is 0 Å². The molecule has 0 radical (unpaired) electrons. The van der Waals surface area contributed by atoms with Gasteiger partial charge >= 0.3 is 16.4 Å². The van der Waals surface area contributed by atoms with E-state index >= 15 is 0 Å². The molecule has 5 aliphatic rings. The lowest BCUT2D eigenvalue weighted by atomic mass is 9.94. The van der Waals surface area contributed by atoms with Crippen molar-refractivity contribution in [2.45, 2.75) is 180 Å². The predicted octanol–water partition coefficient (Wildman–Crippen LogP) is -10.7. The number of carbonyl (C=O) groups excluding carboxylic acids is 1. The van der Waals surface area contributed by atoms with Crippen LogP contribution in [0.2, 0.25) is 0 Å². The van der Waals surface area contributed by atoms with Gasteiger partial charge in [-0.05, 0) is 25.8 Å². The number of unbranched alkanes of at least 4 members (excludes halogenated alkanes) is 2. The average Bonchev–Trinajstić information content (AvgIpc) is 3.30. The van der Waals surface area contributed by atoms with E-state index in [1.165, 1.54) is 0 Å². The van der Waals surface area contributed by atoms with Gasteiger partial charge in [0.2, 0.25) is 5.91 Å². The summed E-state index contributed by atoms with van der Waals surface area (Å²) < 4.78 is 92.5. The maximum atomic E-state index is 12.5. The molecule has 0 aromatic carbocycles. The quantitative estimate of drug-likeness (QED) is 0.0354. The molecule has 0 aliphatic carbocycles. The third-order valence-corrected chi connectivity index (χ3v) is 12.5. The molecular formula is C37H64N2O30S. The molecule has 0 bridgehead atoms. The molecular weight excluding hydrogens is 984 g/mol. The van der Waals surface area contributed by atoms with Gasteiger partial charge in [-0.3, -0.25) is 9.35 Å². The van der Waals surface area contributed by atoms with Gasteiger partial charge < -0.3 is 130 Å². The van der Waals surface area contributed by atoms with Gasteiger partial charge in [-0.25, -0.2) is 8.98 Å². The van der Waals surface area contributed by atoms with Crippen molar-refractivity contribution in [1.82, 2.24) is 5.32 Å². The van der Waals surface area contributed by atoms with Crippen molar-refractivity contribution in [3.05, 3.63) is 0 Å². The van der Waals surface area contributed by atoms with Crippen LogP contribution in [0.15, 0.2) is 0 Å². The number of nitrogens with one attached hydrogen (secondary N) is 1. The summed E-state index contributed by atoms with van der Waals surface area (Å²) in [6, 6.07) is -1.81. The second kappa shape index (κ2) is 25.9. The average molecular weight is 1050 g/mol. The molecule has 0 saturated carbocycles. The number of hydrogen-bond donors (Lipinski definition) is 17. The van der Waals surface area contributed by atoms with Crippen LogP contribution in [0.25, 0.3) is 0 Å². The van der Waals surface area contributed by atoms with Crippen LogP contribution in [-0.4, -0.2) is 289 Å². The Hall–Kier alpha value is -2.15. The van der Waals surface area contributed by atoms with Gasteiger partial charge in [0.1, 0.15) is 116 Å². The van der Waals surface area contributed by atoms with E-state index in [0.717, 1.165) is 6.92 Å². The van der Waals surface area contributed by atoms with Crippen LogP contribution in [0.5, 0.6) is 0 Å². The predicted molar refractivity (Wildman–Crippen MR) is 216 cm³/mol. The second-order valence-electron chi connectivity index (χ2n) is 16.9. The molecule has 0 aromatic heterocycles. The van der Waals surface area contributed by atoms with Crippen LogP contribution in [0, 0.1) is 0 Å². The minimum Gasteiger partial charge on any atom is -0.479 e. The van der Waals surface area contributed by atoms with Crippen molar-refractivity contribution in [3.8, 4) is 0 Å². The molecule has 5 fully saturated rings. The topological polar surface area (TPSA) is 511 Å². The Balaban J connectivity index is 1.34. The minimum absolute atomic E-state index is 0.0920. The number of aliphatic carboxylic acids is 1. The summed E-state index contributed by atoms with van der Waals surface area (Å²) in [5.41, 5.74) is 5.50. The highest BCUT2D eigenvalue weighted by Crippen LogP contribution is 2.36. The molecule has 25 atom stereocenters. The molecule has 5 heterocycles. The zero-order chi connectivity index (χ0) is 51.9. The molecule has 33 heteroatoms. The van der Waals surface area contributed by atoms with E-state index in [9.17, 15) is 94.1 Å². The van der Waals surface area contributed by atoms with Crippen LogP contribution in [0.3, 0.4) is 0 Å². The third kappa shape index (κ3) is 13.8. The normalized spacial score (nSPS) is 45.0. The van der Waals surface area contributed by atoms with Gasteiger partial charge in [0, 0.05) is 13.5 Å². The van der Waals surface area contributed by atoms with E-state index in [1.807, 2.05) is 0 Å². The van der Waals surface area contributed by atoms with Crippen LogP contribution in [0.1, 0.15) is 26.2 Å². The summed E-state index contributed by atoms with van der Waals surface area (Å²) in [5.74, 6) is -2.84. The molecule has 5 rings (SSSR count). The fourth-order valence-electron chi connectivity index (χ4n) is 8.40. The summed E-state index contributed by atoms with van der Waals surface area (Å²) >= 11 is 0. The van der Waals surface area contributed by atoms with Gasteiger partial charge in [0.25, 0.3) is 0 Å². The van der Waals surface area contributed by atoms with Crippen molar-refractivity contribution < 1.29 is 146 Å². The number of aliphatic hydroxyl groups is 13. The molecule has 5 aliphatic heterocycles. The first-order valence-corrected chi connectivity index (χ1v) is 23.3. The number of carboxylic acids is 1. The van der Waals surface area contributed by atoms with Gasteiger partial charge in [-0.1, -0.05) is 0 Å². The fraction of sp³-hybridized carbons (Fsp3) is 0.946. The SMILES string of the molecule is CC(=O)N[C@H]1[C@H](O[C@H]2[C@@H](O)[C@@H](CO)O[C@@H](O[C@H]3[C@H](O)[C@@H](O)[C@H](OCCCCCN)O[C@@H]3CO)[C@@H]2O)O[C@H](CO)[C@@H](O[C@@H]2O[C@H](CO)[C@H](O)[C@H](O[C@@H]3O[C@H](C(=O)O)[C@@H](O)[C@H](OS(=O)(=O)O)[C@H]3O)[C@H]2O)[C@@H]1O. The number of amides is 1. The maximum Gasteiger partial charge on any atom is 0.397 e. The molecule has 408 valence electrons. The van der Waals surface area contributed by atoms with E-state index < -0.39 is 202 Å². The lowest BCUT2D eigenvalue weighted by molar-refractivity contribution is -0.386. The monoisotopic (exact) mass is 1050 g/mol. The van der Waals surface area contributed by atoms with Gasteiger partial charge in [-0.15, -0.1) is 0 Å². The van der Waals surface area contributed by atoms with Crippen molar-refractivity contribution >= 4 is 22.3 Å². The zero-order valence-electron chi connectivity index (χ0n) is 37.1. The first kappa shape index (κ1) is 58.7. The molecule has 0 spiro atoms. The Labute approximate surface area is 397 Å². The summed E-state index contributed by atoms with van der Waals surface area (Å²) in [6.45, 7) is -2.45. The number of nitrogens with two attached hydrogens (primary N) is 1. The highest BCUT2D eigenvalue weighted by Gasteiger charge is 2.58. The highest BCUT2D eigenvalue weighted by molar-refractivity contribution is 7.80. The largest absolute Gasteiger partial charge is 0.479 e. The molecule has 18 N–H and O–H groups in total. The number of rotatable bonds is 22. The number of hydrogen-bond acceptors (Lipinski definition) is 29. The first-order valence-electron chi connectivity index (χ1n) is 21.9. The second-order valence-corrected chi connectivity index (χ2v) is 18.0. The number of ether oxygens (including phenoxy) is 10. The van der Waals surface area contributed by atoms with E-state index in [1.54, 1.807) is 0 Å². The standard InChI is InChI=1S/C37H64N2O30S/c1-11(44)39-16-19(47)26(64-35-24(52)29(18(46)13(8-41)60-35)67-37-25(53)30(69-70(56,57)58)22(50)31(68-37)32(54)55)14(9-42)62-33(16)66-28-17(45)12(7-40)61-36(23(28)51)65-27-15(10-43)63-34(21(49)20(27)48)59-6-4-2-3-5-38/h12-31,33-37,40-43,45-53H,2-10,38H2,1H3,(H,39,44)(H,54,55)(H,56,57,58)/t12-,13-,14-,15-,16-,17+,18+,19-,20-,21-,22+,23-,24-,25-,26-,27-,28+,29+,30+,31+,33+,34-,35+,36+,37-/m1/s1. The van der Waals surface area contributed by atoms with Crippen molar-refractivity contribution in [3.63, 3.8) is 0 Å². The van der Waals surface area contributed by atoms with Crippen LogP contribution >= 0.6 is 0 Å². The summed E-state index contributed by atoms with van der Waals surface area (Å²) in [4.78, 5) is 24.4. The zero-order valence-corrected chi connectivity index (χ0v) is 37.9. The Bertz CT molecular complexity index is 1760. The third-order valence-electron chi connectivity index (χ3n) is 12.0. The lowest BCUT2D eigenvalue weighted by Gasteiger charge is -2.50. The fourth-order valence-corrected chi connectivity index (χ4v) is 8.91. The molecule has 1 amide bonds. The van der Waals surface area contributed by atoms with Crippen LogP contribution in [0.4, 0.5) is 0 Å². The molecule has 70 heavy (non-hydrogen) atoms. The Morgan fingerprint density at radius 1 is 0.529 bits per heavy atom. The molecule has 32 nitrogen and oxygen atoms in total. The Morgan fingerprint density at radius 3 is 1.44 bits per heavy atom. The highest BCUT2D eigenvalue weighted by atomic mass is 32.3. The minimum atomic E-state index is -5.49. The summed E-state index contributed by atoms with van der Waals surface area (Å²) in [5, 5.41) is 153. The Morgan fingerprint density at radius 2 is 0.971 bits per heavy atom. The number of aliphatic hydroxyl groups excluding tert-OH is 13. The summed E-state index contributed by atoms with van der Waals surface area (Å²) in [7, 11) is -5.49. The van der Waals surface area contributed by atoms with E-state index in [4.69, 9.17) is 53.1 Å². The van der Waals surface area contributed by atoms with Gasteiger partial charge in [-0.2, -0.15) is 8.42 Å². The van der Waals surface area contributed by atoms with E-state index in [0.29, 0.717) is 25.8 Å². The maximum absolute atomic E-state index is 12.5. The van der Waals surface area contributed by atoms with Gasteiger partial charge in [0.05, 0.1) is 26.4 Å². The molecule has 5 saturated heterocycles. The van der Waals surface area contributed by atoms with Crippen molar-refractivity contribution in [2.75, 3.05) is 39.6 Å². The molecule has 0 unspecified atom stereocenters. The van der Waals surface area contributed by atoms with Crippen molar-refractivity contribution in [2.24, 2.45) is 5.73 Å². The summed E-state index contributed by atoms with van der Waals surface area (Å²) in [6.07, 6.45) is -46.5.